The van der Waals surface area contributed by atoms with Crippen LogP contribution in [0.2, 0.25) is 0 Å². The molecule has 0 aromatic rings. The van der Waals surface area contributed by atoms with Crippen LogP contribution in [0.3, 0.4) is 0 Å². The lowest BCUT2D eigenvalue weighted by Crippen LogP contribution is -2.28. The van der Waals surface area contributed by atoms with Crippen molar-refractivity contribution in [3.8, 4) is 0 Å². The average Bonchev–Trinajstić information content (AvgIpc) is 2.09. The first-order valence-electron chi connectivity index (χ1n) is 5.06. The van der Waals surface area contributed by atoms with Crippen LogP contribution in [-0.2, 0) is 4.79 Å². The summed E-state index contributed by atoms with van der Waals surface area (Å²) < 4.78 is 0. The summed E-state index contributed by atoms with van der Waals surface area (Å²) in [5.41, 5.74) is 0. The first-order valence-corrected chi connectivity index (χ1v) is 5.06. The molecule has 0 radical (unpaired) electrons. The second-order valence-electron chi connectivity index (χ2n) is 3.92. The Labute approximate surface area is 78.8 Å². The molecule has 1 rings (SSSR count). The Morgan fingerprint density at radius 1 is 1.38 bits per heavy atom. The van der Waals surface area contributed by atoms with Crippen molar-refractivity contribution in [1.82, 2.24) is 0 Å². The molecule has 3 nitrogen and oxygen atoms in total. The Morgan fingerprint density at radius 2 is 1.92 bits per heavy atom. The molecule has 0 amide bonds. The van der Waals surface area contributed by atoms with Gasteiger partial charge in [0.05, 0.1) is 12.0 Å². The molecule has 0 aromatic carbocycles. The minimum atomic E-state index is -0.677. The summed E-state index contributed by atoms with van der Waals surface area (Å²) in [6.45, 7) is 1.92. The van der Waals surface area contributed by atoms with Gasteiger partial charge in [0.15, 0.2) is 0 Å². The Kier molecular flexibility index (Phi) is 3.72. The number of aliphatic hydroxyl groups is 1. The fourth-order valence-electron chi connectivity index (χ4n) is 2.21. The number of aliphatic hydroxyl groups excluding tert-OH is 1. The van der Waals surface area contributed by atoms with Crippen LogP contribution in [0.25, 0.3) is 0 Å². The monoisotopic (exact) mass is 186 g/mol. The molecule has 0 saturated heterocycles. The van der Waals surface area contributed by atoms with E-state index in [0.717, 1.165) is 25.7 Å². The van der Waals surface area contributed by atoms with Crippen LogP contribution < -0.4 is 0 Å². The maximum absolute atomic E-state index is 10.8. The molecule has 0 aromatic heterocycles. The Balaban J connectivity index is 2.46. The quantitative estimate of drug-likeness (QED) is 0.704. The Bertz CT molecular complexity index is 171. The largest absolute Gasteiger partial charge is 0.481 e. The molecule has 1 aliphatic rings. The molecule has 1 aliphatic carbocycles. The van der Waals surface area contributed by atoms with Crippen molar-refractivity contribution in [2.75, 3.05) is 0 Å². The SMILES string of the molecule is CCC(C(=O)O)[C@H]1CC[C@H](O)CC1. The molecule has 1 saturated carbocycles. The van der Waals surface area contributed by atoms with Crippen molar-refractivity contribution >= 4 is 5.97 Å². The molecule has 13 heavy (non-hydrogen) atoms. The molecule has 1 atom stereocenters. The first-order chi connectivity index (χ1) is 6.15. The van der Waals surface area contributed by atoms with Gasteiger partial charge in [-0.25, -0.2) is 0 Å². The van der Waals surface area contributed by atoms with Crippen molar-refractivity contribution in [3.63, 3.8) is 0 Å². The third-order valence-electron chi connectivity index (χ3n) is 3.07. The van der Waals surface area contributed by atoms with E-state index < -0.39 is 5.97 Å². The molecule has 0 heterocycles. The fraction of sp³-hybridized carbons (Fsp3) is 0.900. The topological polar surface area (TPSA) is 57.5 Å². The van der Waals surface area contributed by atoms with Crippen LogP contribution in [-0.4, -0.2) is 22.3 Å². The average molecular weight is 186 g/mol. The molecule has 3 heteroatoms. The third kappa shape index (κ3) is 2.69. The summed E-state index contributed by atoms with van der Waals surface area (Å²) in [6.07, 6.45) is 3.79. The van der Waals surface area contributed by atoms with E-state index in [1.54, 1.807) is 0 Å². The van der Waals surface area contributed by atoms with Crippen LogP contribution >= 0.6 is 0 Å². The first kappa shape index (κ1) is 10.5. The van der Waals surface area contributed by atoms with Crippen LogP contribution in [0, 0.1) is 11.8 Å². The van der Waals surface area contributed by atoms with Gasteiger partial charge in [0.25, 0.3) is 0 Å². The van der Waals surface area contributed by atoms with Gasteiger partial charge in [-0.15, -0.1) is 0 Å². The number of hydrogen-bond acceptors (Lipinski definition) is 2. The molecular formula is C10H18O3. The van der Waals surface area contributed by atoms with E-state index in [9.17, 15) is 9.90 Å². The van der Waals surface area contributed by atoms with Gasteiger partial charge in [0.1, 0.15) is 0 Å². The molecule has 76 valence electrons. The summed E-state index contributed by atoms with van der Waals surface area (Å²) in [5.74, 6) is -0.595. The van der Waals surface area contributed by atoms with E-state index in [-0.39, 0.29) is 17.9 Å². The second-order valence-corrected chi connectivity index (χ2v) is 3.92. The third-order valence-corrected chi connectivity index (χ3v) is 3.07. The highest BCUT2D eigenvalue weighted by Gasteiger charge is 2.29. The number of carboxylic acids is 1. The van der Waals surface area contributed by atoms with E-state index in [1.165, 1.54) is 0 Å². The molecule has 2 N–H and O–H groups in total. The van der Waals surface area contributed by atoms with Crippen LogP contribution in [0.4, 0.5) is 0 Å². The van der Waals surface area contributed by atoms with Crippen molar-refractivity contribution in [2.45, 2.75) is 45.1 Å². The standard InChI is InChI=1S/C10H18O3/c1-2-9(10(12)13)7-3-5-8(11)6-4-7/h7-9,11H,2-6H2,1H3,(H,12,13)/t7-,8-,9?. The zero-order valence-electron chi connectivity index (χ0n) is 8.07. The van der Waals surface area contributed by atoms with Gasteiger partial charge in [-0.05, 0) is 38.0 Å². The van der Waals surface area contributed by atoms with Gasteiger partial charge < -0.3 is 10.2 Å². The number of rotatable bonds is 3. The van der Waals surface area contributed by atoms with Gasteiger partial charge in [-0.2, -0.15) is 0 Å². The highest BCUT2D eigenvalue weighted by Crippen LogP contribution is 2.31. The Morgan fingerprint density at radius 3 is 2.31 bits per heavy atom. The smallest absolute Gasteiger partial charge is 0.306 e. The van der Waals surface area contributed by atoms with E-state index >= 15 is 0 Å². The molecule has 0 aliphatic heterocycles. The van der Waals surface area contributed by atoms with Gasteiger partial charge in [0, 0.05) is 0 Å². The molecular weight excluding hydrogens is 168 g/mol. The van der Waals surface area contributed by atoms with E-state index in [4.69, 9.17) is 5.11 Å². The fourth-order valence-corrected chi connectivity index (χ4v) is 2.21. The Hall–Kier alpha value is -0.570. The lowest BCUT2D eigenvalue weighted by Gasteiger charge is -2.29. The van der Waals surface area contributed by atoms with Crippen molar-refractivity contribution in [3.05, 3.63) is 0 Å². The highest BCUT2D eigenvalue weighted by atomic mass is 16.4. The number of hydrogen-bond donors (Lipinski definition) is 2. The summed E-state index contributed by atoms with van der Waals surface area (Å²) in [5, 5.41) is 18.2. The second kappa shape index (κ2) is 4.61. The number of aliphatic carboxylic acids is 1. The summed E-state index contributed by atoms with van der Waals surface area (Å²) in [4.78, 5) is 10.8. The maximum Gasteiger partial charge on any atom is 0.306 e. The number of carbonyl (C=O) groups is 1. The molecule has 1 fully saturated rings. The van der Waals surface area contributed by atoms with Crippen LogP contribution in [0.15, 0.2) is 0 Å². The van der Waals surface area contributed by atoms with Crippen LogP contribution in [0.1, 0.15) is 39.0 Å². The van der Waals surface area contributed by atoms with Crippen molar-refractivity contribution < 1.29 is 15.0 Å². The predicted molar refractivity (Wildman–Crippen MR) is 49.4 cm³/mol. The van der Waals surface area contributed by atoms with Gasteiger partial charge >= 0.3 is 5.97 Å². The van der Waals surface area contributed by atoms with Crippen molar-refractivity contribution in [2.24, 2.45) is 11.8 Å². The normalized spacial score (nSPS) is 31.2. The lowest BCUT2D eigenvalue weighted by molar-refractivity contribution is -0.144. The zero-order valence-corrected chi connectivity index (χ0v) is 8.07. The van der Waals surface area contributed by atoms with E-state index in [1.807, 2.05) is 6.92 Å². The minimum absolute atomic E-state index is 0.192. The zero-order chi connectivity index (χ0) is 9.84. The van der Waals surface area contributed by atoms with Gasteiger partial charge in [-0.3, -0.25) is 4.79 Å². The van der Waals surface area contributed by atoms with E-state index in [2.05, 4.69) is 0 Å². The minimum Gasteiger partial charge on any atom is -0.481 e. The highest BCUT2D eigenvalue weighted by molar-refractivity contribution is 5.70. The van der Waals surface area contributed by atoms with Gasteiger partial charge in [-0.1, -0.05) is 6.92 Å². The van der Waals surface area contributed by atoms with Crippen molar-refractivity contribution in [1.29, 1.82) is 0 Å². The maximum atomic E-state index is 10.8. The molecule has 1 unspecified atom stereocenters. The lowest BCUT2D eigenvalue weighted by atomic mass is 9.78. The van der Waals surface area contributed by atoms with E-state index in [0.29, 0.717) is 6.42 Å². The molecule has 0 bridgehead atoms. The summed E-state index contributed by atoms with van der Waals surface area (Å²) in [7, 11) is 0. The predicted octanol–water partition coefficient (Wildman–Crippen LogP) is 1.65. The van der Waals surface area contributed by atoms with Gasteiger partial charge in [0.2, 0.25) is 0 Å². The number of carboxylic acid groups (broad SMARTS) is 1. The summed E-state index contributed by atoms with van der Waals surface area (Å²) >= 11 is 0. The summed E-state index contributed by atoms with van der Waals surface area (Å²) in [6, 6.07) is 0. The molecule has 0 spiro atoms. The van der Waals surface area contributed by atoms with Crippen LogP contribution in [0.5, 0.6) is 0 Å².